The topological polar surface area (TPSA) is 0 Å². The Bertz CT molecular complexity index is 214. The van der Waals surface area contributed by atoms with Gasteiger partial charge in [0.1, 0.15) is 14.0 Å². The number of hydrogen-bond donors (Lipinski definition) is 0. The molecule has 1 atom stereocenters. The second-order valence-electron chi connectivity index (χ2n) is 4.02. The molecule has 13 heavy (non-hydrogen) atoms. The van der Waals surface area contributed by atoms with E-state index in [2.05, 4.69) is 11.5 Å². The number of hydrogen-bond acceptors (Lipinski definition) is 0. The monoisotopic (exact) mass is 208 g/mol. The molecule has 0 aromatic rings. The highest BCUT2D eigenvalue weighted by atomic mass is 28.3. The van der Waals surface area contributed by atoms with Crippen molar-refractivity contribution >= 4 is 8.07 Å². The van der Waals surface area contributed by atoms with Crippen LogP contribution >= 0.6 is 0 Å². The molecular formula is C9H15F3Si. The standard InChI is InChI=1S/C9H15F3Si/c1-5-8(9(10,11)12)6-7-13(2,3)4/h8H,5H2,1-4H3. The molecule has 0 saturated carbocycles. The molecule has 0 aromatic heterocycles. The lowest BCUT2D eigenvalue weighted by Crippen LogP contribution is -2.23. The van der Waals surface area contributed by atoms with Crippen LogP contribution in [0.5, 0.6) is 0 Å². The minimum absolute atomic E-state index is 0.0426. The van der Waals surface area contributed by atoms with E-state index in [1.54, 1.807) is 0 Å². The van der Waals surface area contributed by atoms with Gasteiger partial charge in [-0.2, -0.15) is 13.2 Å². The molecule has 0 bridgehead atoms. The molecule has 0 spiro atoms. The van der Waals surface area contributed by atoms with E-state index in [4.69, 9.17) is 0 Å². The first-order valence-corrected chi connectivity index (χ1v) is 7.76. The minimum atomic E-state index is -4.17. The quantitative estimate of drug-likeness (QED) is 0.457. The van der Waals surface area contributed by atoms with Gasteiger partial charge in [-0.15, -0.1) is 5.54 Å². The number of rotatable bonds is 1. The predicted molar refractivity (Wildman–Crippen MR) is 51.0 cm³/mol. The third-order valence-electron chi connectivity index (χ3n) is 1.42. The van der Waals surface area contributed by atoms with Gasteiger partial charge < -0.3 is 0 Å². The molecule has 0 N–H and O–H groups in total. The van der Waals surface area contributed by atoms with Crippen molar-refractivity contribution in [3.8, 4) is 11.5 Å². The molecule has 4 heteroatoms. The number of halogens is 3. The first-order valence-electron chi connectivity index (χ1n) is 4.26. The summed E-state index contributed by atoms with van der Waals surface area (Å²) >= 11 is 0. The molecular weight excluding hydrogens is 193 g/mol. The van der Waals surface area contributed by atoms with Gasteiger partial charge in [0.15, 0.2) is 0 Å². The maximum atomic E-state index is 12.2. The van der Waals surface area contributed by atoms with Crippen molar-refractivity contribution in [3.63, 3.8) is 0 Å². The Morgan fingerprint density at radius 3 is 1.92 bits per heavy atom. The van der Waals surface area contributed by atoms with E-state index in [9.17, 15) is 13.2 Å². The average Bonchev–Trinajstić information content (AvgIpc) is 1.82. The Morgan fingerprint density at radius 1 is 1.23 bits per heavy atom. The SMILES string of the molecule is CCC(C#C[Si](C)(C)C)C(F)(F)F. The summed E-state index contributed by atoms with van der Waals surface area (Å²) in [7, 11) is -1.68. The minimum Gasteiger partial charge on any atom is -0.170 e. The smallest absolute Gasteiger partial charge is 0.170 e. The van der Waals surface area contributed by atoms with Crippen LogP contribution in [0, 0.1) is 17.4 Å². The van der Waals surface area contributed by atoms with Crippen molar-refractivity contribution in [1.29, 1.82) is 0 Å². The van der Waals surface area contributed by atoms with Crippen LogP contribution < -0.4 is 0 Å². The van der Waals surface area contributed by atoms with Crippen LogP contribution in [0.3, 0.4) is 0 Å². The highest BCUT2D eigenvalue weighted by molar-refractivity contribution is 6.83. The molecule has 0 nitrogen and oxygen atoms in total. The van der Waals surface area contributed by atoms with Crippen LogP contribution in [0.15, 0.2) is 0 Å². The summed E-state index contributed by atoms with van der Waals surface area (Å²) in [6, 6.07) is 0. The van der Waals surface area contributed by atoms with Crippen molar-refractivity contribution in [2.24, 2.45) is 5.92 Å². The van der Waals surface area contributed by atoms with Crippen molar-refractivity contribution in [3.05, 3.63) is 0 Å². The predicted octanol–water partition coefficient (Wildman–Crippen LogP) is 3.46. The van der Waals surface area contributed by atoms with Gasteiger partial charge in [0.2, 0.25) is 0 Å². The highest BCUT2D eigenvalue weighted by Gasteiger charge is 2.37. The molecule has 0 fully saturated rings. The zero-order valence-electron chi connectivity index (χ0n) is 8.42. The van der Waals surface area contributed by atoms with E-state index < -0.39 is 20.2 Å². The molecule has 0 radical (unpaired) electrons. The fourth-order valence-electron chi connectivity index (χ4n) is 0.719. The van der Waals surface area contributed by atoms with Crippen LogP contribution in [0.2, 0.25) is 19.6 Å². The average molecular weight is 208 g/mol. The summed E-state index contributed by atoms with van der Waals surface area (Å²) in [5, 5.41) is 0. The second-order valence-corrected chi connectivity index (χ2v) is 8.77. The largest absolute Gasteiger partial charge is 0.402 e. The summed E-state index contributed by atoms with van der Waals surface area (Å²) < 4.78 is 36.6. The Morgan fingerprint density at radius 2 is 1.69 bits per heavy atom. The van der Waals surface area contributed by atoms with Gasteiger partial charge in [-0.25, -0.2) is 0 Å². The Hall–Kier alpha value is -0.433. The summed E-state index contributed by atoms with van der Waals surface area (Å²) in [5.41, 5.74) is 2.75. The zero-order valence-corrected chi connectivity index (χ0v) is 9.42. The lowest BCUT2D eigenvalue weighted by Gasteiger charge is -2.13. The summed E-state index contributed by atoms with van der Waals surface area (Å²) in [5.74, 6) is 0.891. The molecule has 0 aliphatic carbocycles. The van der Waals surface area contributed by atoms with Crippen LogP contribution in [-0.2, 0) is 0 Å². The van der Waals surface area contributed by atoms with E-state index >= 15 is 0 Å². The Balaban J connectivity index is 4.53. The van der Waals surface area contributed by atoms with Crippen molar-refractivity contribution in [2.75, 3.05) is 0 Å². The van der Waals surface area contributed by atoms with Crippen molar-refractivity contribution in [1.82, 2.24) is 0 Å². The summed E-state index contributed by atoms with van der Waals surface area (Å²) in [4.78, 5) is 0. The molecule has 0 amide bonds. The second kappa shape index (κ2) is 4.19. The maximum Gasteiger partial charge on any atom is 0.402 e. The van der Waals surface area contributed by atoms with Gasteiger partial charge >= 0.3 is 6.18 Å². The highest BCUT2D eigenvalue weighted by Crippen LogP contribution is 2.27. The fourth-order valence-corrected chi connectivity index (χ4v) is 1.33. The maximum absolute atomic E-state index is 12.2. The van der Waals surface area contributed by atoms with Gasteiger partial charge in [-0.05, 0) is 6.42 Å². The first-order chi connectivity index (χ1) is 5.67. The van der Waals surface area contributed by atoms with Crippen molar-refractivity contribution < 1.29 is 13.2 Å². The van der Waals surface area contributed by atoms with Gasteiger partial charge in [0.05, 0.1) is 0 Å². The first kappa shape index (κ1) is 12.6. The Kier molecular flexibility index (Phi) is 4.05. The molecule has 0 aliphatic heterocycles. The fraction of sp³-hybridized carbons (Fsp3) is 0.778. The van der Waals surface area contributed by atoms with E-state index in [1.807, 2.05) is 19.6 Å². The summed E-state index contributed by atoms with van der Waals surface area (Å²) in [6.07, 6.45) is -4.12. The van der Waals surface area contributed by atoms with Gasteiger partial charge in [0.25, 0.3) is 0 Å². The molecule has 0 saturated heterocycles. The lowest BCUT2D eigenvalue weighted by atomic mass is 10.1. The molecule has 0 rings (SSSR count). The number of alkyl halides is 3. The molecule has 0 aromatic carbocycles. The lowest BCUT2D eigenvalue weighted by molar-refractivity contribution is -0.158. The van der Waals surface area contributed by atoms with Crippen LogP contribution in [0.1, 0.15) is 13.3 Å². The van der Waals surface area contributed by atoms with Gasteiger partial charge in [-0.3, -0.25) is 0 Å². The Labute approximate surface area is 78.5 Å². The molecule has 76 valence electrons. The van der Waals surface area contributed by atoms with Gasteiger partial charge in [-0.1, -0.05) is 32.5 Å². The molecule has 0 aliphatic rings. The van der Waals surface area contributed by atoms with Crippen LogP contribution in [0.4, 0.5) is 13.2 Å². The van der Waals surface area contributed by atoms with E-state index in [1.165, 1.54) is 6.92 Å². The third-order valence-corrected chi connectivity index (χ3v) is 2.32. The van der Waals surface area contributed by atoms with E-state index in [-0.39, 0.29) is 6.42 Å². The van der Waals surface area contributed by atoms with Crippen molar-refractivity contribution in [2.45, 2.75) is 39.2 Å². The molecule has 0 heterocycles. The van der Waals surface area contributed by atoms with E-state index in [0.717, 1.165) is 0 Å². The van der Waals surface area contributed by atoms with Crippen LogP contribution in [-0.4, -0.2) is 14.3 Å². The van der Waals surface area contributed by atoms with E-state index in [0.29, 0.717) is 0 Å². The third kappa shape index (κ3) is 5.75. The summed E-state index contributed by atoms with van der Waals surface area (Å²) in [6.45, 7) is 7.31. The molecule has 1 unspecified atom stereocenters. The van der Waals surface area contributed by atoms with Crippen LogP contribution in [0.25, 0.3) is 0 Å². The van der Waals surface area contributed by atoms with Gasteiger partial charge in [0, 0.05) is 0 Å². The normalized spacial score (nSPS) is 14.7. The zero-order chi connectivity index (χ0) is 10.7.